The Morgan fingerprint density at radius 2 is 1.10 bits per heavy atom. The number of epoxide rings is 1. The fourth-order valence-corrected chi connectivity index (χ4v) is 2.21. The Balaban J connectivity index is 1.27. The predicted octanol–water partition coefficient (Wildman–Crippen LogP) is 3.19. The summed E-state index contributed by atoms with van der Waals surface area (Å²) < 4.78 is 16.9. The van der Waals surface area contributed by atoms with Crippen LogP contribution in [0.5, 0.6) is 0 Å². The van der Waals surface area contributed by atoms with Crippen molar-refractivity contribution in [1.29, 1.82) is 0 Å². The van der Waals surface area contributed by atoms with E-state index in [0.29, 0.717) is 26.4 Å². The number of benzene rings is 2. The molecule has 0 amide bonds. The van der Waals surface area contributed by atoms with Crippen LogP contribution in [-0.2, 0) is 27.4 Å². The van der Waals surface area contributed by atoms with Gasteiger partial charge in [-0.1, -0.05) is 60.7 Å². The molecule has 0 N–H and O–H groups in total. The Labute approximate surface area is 125 Å². The summed E-state index contributed by atoms with van der Waals surface area (Å²) in [5.74, 6) is 0. The third-order valence-electron chi connectivity index (χ3n) is 3.47. The Hall–Kier alpha value is -1.68. The van der Waals surface area contributed by atoms with E-state index in [1.807, 2.05) is 36.4 Å². The minimum Gasteiger partial charge on any atom is -0.374 e. The molecule has 1 saturated heterocycles. The molecule has 3 heteroatoms. The van der Waals surface area contributed by atoms with Crippen molar-refractivity contribution < 1.29 is 14.2 Å². The minimum absolute atomic E-state index is 0.185. The van der Waals surface area contributed by atoms with Gasteiger partial charge in [0.05, 0.1) is 26.4 Å². The molecule has 21 heavy (non-hydrogen) atoms. The molecule has 3 rings (SSSR count). The van der Waals surface area contributed by atoms with Gasteiger partial charge in [0.2, 0.25) is 0 Å². The lowest BCUT2D eigenvalue weighted by Gasteiger charge is -2.03. The van der Waals surface area contributed by atoms with Gasteiger partial charge in [0, 0.05) is 0 Å². The molecule has 1 aliphatic heterocycles. The highest BCUT2D eigenvalue weighted by molar-refractivity contribution is 5.14. The van der Waals surface area contributed by atoms with Crippen molar-refractivity contribution in [3.8, 4) is 0 Å². The average molecular weight is 284 g/mol. The zero-order valence-electron chi connectivity index (χ0n) is 12.0. The molecule has 2 aromatic carbocycles. The lowest BCUT2D eigenvalue weighted by molar-refractivity contribution is 0.103. The molecule has 1 unspecified atom stereocenters. The lowest BCUT2D eigenvalue weighted by atomic mass is 10.2. The summed E-state index contributed by atoms with van der Waals surface area (Å²) in [5.41, 5.74) is 2.38. The van der Waals surface area contributed by atoms with Crippen molar-refractivity contribution in [2.75, 3.05) is 13.2 Å². The molecular weight excluding hydrogens is 264 g/mol. The molecule has 0 aliphatic carbocycles. The molecule has 2 atom stereocenters. The molecule has 0 saturated carbocycles. The summed E-state index contributed by atoms with van der Waals surface area (Å²) in [7, 11) is 0. The van der Waals surface area contributed by atoms with Gasteiger partial charge in [-0.3, -0.25) is 0 Å². The summed E-state index contributed by atoms with van der Waals surface area (Å²) in [6, 6.07) is 20.4. The van der Waals surface area contributed by atoms with Crippen molar-refractivity contribution in [2.45, 2.75) is 25.4 Å². The smallest absolute Gasteiger partial charge is 0.110 e. The standard InChI is InChI=1S/C18H20O3/c1-3-7-15(8-4-1)11-19-13-17-18(21-17)14-20-12-16-9-5-2-6-10-16/h1-10,17-18H,11-14H2/t17-,18?/m1/s1. The maximum absolute atomic E-state index is 5.66. The van der Waals surface area contributed by atoms with Gasteiger partial charge in [0.25, 0.3) is 0 Å². The third kappa shape index (κ3) is 4.67. The highest BCUT2D eigenvalue weighted by atomic mass is 16.6. The van der Waals surface area contributed by atoms with Crippen LogP contribution in [-0.4, -0.2) is 25.4 Å². The number of hydrogen-bond donors (Lipinski definition) is 0. The highest BCUT2D eigenvalue weighted by Gasteiger charge is 2.38. The second kappa shape index (κ2) is 7.36. The Bertz CT molecular complexity index is 477. The first kappa shape index (κ1) is 14.3. The molecule has 1 aliphatic rings. The van der Waals surface area contributed by atoms with E-state index in [-0.39, 0.29) is 12.2 Å². The molecule has 0 bridgehead atoms. The van der Waals surface area contributed by atoms with Crippen LogP contribution in [0.2, 0.25) is 0 Å². The summed E-state index contributed by atoms with van der Waals surface area (Å²) >= 11 is 0. The van der Waals surface area contributed by atoms with Crippen LogP contribution in [0.4, 0.5) is 0 Å². The van der Waals surface area contributed by atoms with Gasteiger partial charge in [0.1, 0.15) is 12.2 Å². The largest absolute Gasteiger partial charge is 0.374 e. The Kier molecular flexibility index (Phi) is 5.00. The summed E-state index contributed by atoms with van der Waals surface area (Å²) in [5, 5.41) is 0. The van der Waals surface area contributed by atoms with Crippen LogP contribution < -0.4 is 0 Å². The van der Waals surface area contributed by atoms with Crippen LogP contribution in [0.1, 0.15) is 11.1 Å². The molecule has 1 heterocycles. The number of hydrogen-bond acceptors (Lipinski definition) is 3. The summed E-state index contributed by atoms with van der Waals surface area (Å²) in [4.78, 5) is 0. The van der Waals surface area contributed by atoms with E-state index in [9.17, 15) is 0 Å². The maximum Gasteiger partial charge on any atom is 0.110 e. The SMILES string of the molecule is c1ccc(COCC2O[C@@H]2COCc2ccccc2)cc1. The third-order valence-corrected chi connectivity index (χ3v) is 3.47. The molecule has 0 radical (unpaired) electrons. The van der Waals surface area contributed by atoms with Crippen LogP contribution in [0, 0.1) is 0 Å². The van der Waals surface area contributed by atoms with Crippen molar-refractivity contribution in [1.82, 2.24) is 0 Å². The monoisotopic (exact) mass is 284 g/mol. The van der Waals surface area contributed by atoms with Crippen LogP contribution in [0.3, 0.4) is 0 Å². The molecule has 0 spiro atoms. The van der Waals surface area contributed by atoms with Gasteiger partial charge < -0.3 is 14.2 Å². The van der Waals surface area contributed by atoms with Gasteiger partial charge >= 0.3 is 0 Å². The summed E-state index contributed by atoms with van der Waals surface area (Å²) in [6.45, 7) is 2.54. The molecule has 0 aromatic heterocycles. The van der Waals surface area contributed by atoms with Gasteiger partial charge in [0.15, 0.2) is 0 Å². The highest BCUT2D eigenvalue weighted by Crippen LogP contribution is 2.23. The van der Waals surface area contributed by atoms with Crippen LogP contribution >= 0.6 is 0 Å². The van der Waals surface area contributed by atoms with Crippen LogP contribution in [0.25, 0.3) is 0 Å². The Morgan fingerprint density at radius 1 is 0.667 bits per heavy atom. The van der Waals surface area contributed by atoms with E-state index in [1.165, 1.54) is 11.1 Å². The van der Waals surface area contributed by atoms with Crippen molar-refractivity contribution >= 4 is 0 Å². The van der Waals surface area contributed by atoms with Gasteiger partial charge in [-0.2, -0.15) is 0 Å². The second-order valence-corrected chi connectivity index (χ2v) is 5.21. The van der Waals surface area contributed by atoms with Gasteiger partial charge in [-0.25, -0.2) is 0 Å². The topological polar surface area (TPSA) is 31.0 Å². The fourth-order valence-electron chi connectivity index (χ4n) is 2.21. The lowest BCUT2D eigenvalue weighted by Crippen LogP contribution is -2.09. The zero-order chi connectivity index (χ0) is 14.3. The molecule has 3 nitrogen and oxygen atoms in total. The van der Waals surface area contributed by atoms with E-state index in [4.69, 9.17) is 14.2 Å². The van der Waals surface area contributed by atoms with Crippen LogP contribution in [0.15, 0.2) is 60.7 Å². The van der Waals surface area contributed by atoms with E-state index in [0.717, 1.165) is 0 Å². The average Bonchev–Trinajstić information content (AvgIpc) is 3.28. The molecule has 2 aromatic rings. The minimum atomic E-state index is 0.185. The fraction of sp³-hybridized carbons (Fsp3) is 0.333. The first-order chi connectivity index (χ1) is 10.4. The predicted molar refractivity (Wildman–Crippen MR) is 80.9 cm³/mol. The second-order valence-electron chi connectivity index (χ2n) is 5.21. The van der Waals surface area contributed by atoms with E-state index < -0.39 is 0 Å². The maximum atomic E-state index is 5.66. The Morgan fingerprint density at radius 3 is 1.52 bits per heavy atom. The van der Waals surface area contributed by atoms with E-state index in [1.54, 1.807) is 0 Å². The normalized spacial score (nSPS) is 20.4. The van der Waals surface area contributed by atoms with Crippen molar-refractivity contribution in [3.63, 3.8) is 0 Å². The van der Waals surface area contributed by atoms with Gasteiger partial charge in [-0.15, -0.1) is 0 Å². The van der Waals surface area contributed by atoms with E-state index >= 15 is 0 Å². The van der Waals surface area contributed by atoms with E-state index in [2.05, 4.69) is 24.3 Å². The number of ether oxygens (including phenoxy) is 3. The zero-order valence-corrected chi connectivity index (χ0v) is 12.0. The quantitative estimate of drug-likeness (QED) is 0.698. The first-order valence-corrected chi connectivity index (χ1v) is 7.30. The molecule has 1 fully saturated rings. The van der Waals surface area contributed by atoms with Crippen molar-refractivity contribution in [2.24, 2.45) is 0 Å². The van der Waals surface area contributed by atoms with Crippen molar-refractivity contribution in [3.05, 3.63) is 71.8 Å². The van der Waals surface area contributed by atoms with Gasteiger partial charge in [-0.05, 0) is 11.1 Å². The molecule has 110 valence electrons. The molecular formula is C18H20O3. The first-order valence-electron chi connectivity index (χ1n) is 7.30. The number of rotatable bonds is 8. The summed E-state index contributed by atoms with van der Waals surface area (Å²) in [6.07, 6.45) is 0.369.